The largest absolute Gasteiger partial charge is 0.494 e. The topological polar surface area (TPSA) is 139 Å². The van der Waals surface area contributed by atoms with Gasteiger partial charge in [0, 0.05) is 59.3 Å². The van der Waals surface area contributed by atoms with Crippen molar-refractivity contribution in [3.63, 3.8) is 0 Å². The Labute approximate surface area is 307 Å². The van der Waals surface area contributed by atoms with Crippen molar-refractivity contribution in [3.05, 3.63) is 127 Å². The van der Waals surface area contributed by atoms with Crippen LogP contribution in [0.5, 0.6) is 17.2 Å². The number of aryl methyl sites for hydroxylation is 2. The Morgan fingerprint density at radius 3 is 1.70 bits per heavy atom. The molecule has 1 aliphatic carbocycles. The molecular formula is C40H40N10O3. The van der Waals surface area contributed by atoms with E-state index in [0.29, 0.717) is 29.3 Å². The summed E-state index contributed by atoms with van der Waals surface area (Å²) in [4.78, 5) is 26.4. The second-order valence-corrected chi connectivity index (χ2v) is 12.4. The van der Waals surface area contributed by atoms with E-state index in [4.69, 9.17) is 14.2 Å². The molecule has 1 fully saturated rings. The van der Waals surface area contributed by atoms with Crippen LogP contribution < -0.4 is 24.8 Å². The summed E-state index contributed by atoms with van der Waals surface area (Å²) in [7, 11) is 4.92. The molecular weight excluding hydrogens is 669 g/mol. The Hall–Kier alpha value is -6.76. The molecule has 0 atom stereocenters. The lowest BCUT2D eigenvalue weighted by Crippen LogP contribution is -2.02. The highest BCUT2D eigenvalue weighted by Gasteiger charge is 2.25. The van der Waals surface area contributed by atoms with Gasteiger partial charge in [0.25, 0.3) is 0 Å². The number of ether oxygens (including phenoxy) is 3. The zero-order valence-electron chi connectivity index (χ0n) is 30.2. The number of nitrogens with one attached hydrogen (secondary N) is 2. The van der Waals surface area contributed by atoms with Crippen LogP contribution in [0.15, 0.2) is 110 Å². The fourth-order valence-electron chi connectivity index (χ4n) is 5.72. The van der Waals surface area contributed by atoms with Crippen molar-refractivity contribution >= 4 is 23.3 Å². The third kappa shape index (κ3) is 8.25. The van der Waals surface area contributed by atoms with E-state index in [1.165, 1.54) is 12.8 Å². The van der Waals surface area contributed by atoms with Gasteiger partial charge in [-0.15, -0.1) is 0 Å². The van der Waals surface area contributed by atoms with Crippen LogP contribution in [0.3, 0.4) is 0 Å². The van der Waals surface area contributed by atoms with E-state index in [1.54, 1.807) is 40.2 Å². The molecule has 1 saturated carbocycles. The Bertz CT molecular complexity index is 2320. The number of imidazole rings is 2. The minimum atomic E-state index is 0.470. The van der Waals surface area contributed by atoms with Gasteiger partial charge in [-0.25, -0.2) is 29.9 Å². The number of nitrogens with zero attached hydrogens (tertiary/aromatic N) is 8. The summed E-state index contributed by atoms with van der Waals surface area (Å²) in [5, 5.41) is 6.50. The maximum atomic E-state index is 5.57. The van der Waals surface area contributed by atoms with Crippen LogP contribution in [0.1, 0.15) is 35.8 Å². The second-order valence-electron chi connectivity index (χ2n) is 12.4. The zero-order valence-corrected chi connectivity index (χ0v) is 30.2. The van der Waals surface area contributed by atoms with Crippen LogP contribution in [0.4, 0.5) is 23.3 Å². The monoisotopic (exact) mass is 708 g/mol. The first-order valence-electron chi connectivity index (χ1n) is 17.1. The molecule has 13 heteroatoms. The van der Waals surface area contributed by atoms with Gasteiger partial charge in [0.15, 0.2) is 5.75 Å². The van der Waals surface area contributed by atoms with E-state index in [1.807, 2.05) is 114 Å². The lowest BCUT2D eigenvalue weighted by Gasteiger charge is -2.13. The highest BCUT2D eigenvalue weighted by atomic mass is 16.5. The van der Waals surface area contributed by atoms with Crippen LogP contribution in [0.2, 0.25) is 0 Å². The van der Waals surface area contributed by atoms with E-state index in [0.717, 1.165) is 56.8 Å². The van der Waals surface area contributed by atoms with Crippen molar-refractivity contribution < 1.29 is 14.2 Å². The Morgan fingerprint density at radius 2 is 1.19 bits per heavy atom. The molecule has 0 saturated heterocycles. The summed E-state index contributed by atoms with van der Waals surface area (Å²) in [6, 6.07) is 23.6. The zero-order chi connectivity index (χ0) is 36.7. The molecule has 3 aromatic carbocycles. The number of rotatable bonds is 11. The van der Waals surface area contributed by atoms with Gasteiger partial charge in [0.05, 0.1) is 62.9 Å². The molecule has 0 unspecified atom stereocenters. The van der Waals surface area contributed by atoms with Gasteiger partial charge < -0.3 is 34.0 Å². The van der Waals surface area contributed by atoms with Crippen LogP contribution in [0.25, 0.3) is 22.6 Å². The van der Waals surface area contributed by atoms with E-state index in [-0.39, 0.29) is 0 Å². The minimum absolute atomic E-state index is 0.470. The number of aromatic nitrogens is 8. The SMILES string of the molecule is COc1cc(Nc2ncc(OC)c(-c3ccccc3)n2)ccc1-n1cnc(C)c1.COc1cc(Nc2nccc(C3CC3)n2)ccc1-n1cnc(C)c1. The Kier molecular flexibility index (Phi) is 10.2. The first kappa shape index (κ1) is 34.7. The standard InChI is InChI=1S/C22H21N5O2.C18H19N5O/c1-15-13-27(14-24-15)18-10-9-17(11-19(18)28-2)25-22-23-12-20(29-3)21(26-22)16-7-5-4-6-8-16;1-12-10-23(11-20-12)16-6-5-14(9-17(16)24-2)21-18-19-8-7-15(22-18)13-3-4-13/h4-14H,1-3H3,(H,23,25,26);5-11,13H,3-4H2,1-2H3,(H,19,21,22). The van der Waals surface area contributed by atoms with Gasteiger partial charge in [-0.05, 0) is 57.0 Å². The molecule has 2 N–H and O–H groups in total. The number of hydrogen-bond acceptors (Lipinski definition) is 11. The summed E-state index contributed by atoms with van der Waals surface area (Å²) in [6.45, 7) is 3.91. The van der Waals surface area contributed by atoms with E-state index >= 15 is 0 Å². The normalized spacial score (nSPS) is 12.0. The molecule has 13 nitrogen and oxygen atoms in total. The van der Waals surface area contributed by atoms with Crippen molar-refractivity contribution in [2.45, 2.75) is 32.6 Å². The van der Waals surface area contributed by atoms with Gasteiger partial charge in [-0.1, -0.05) is 30.3 Å². The highest BCUT2D eigenvalue weighted by Crippen LogP contribution is 2.39. The Morgan fingerprint density at radius 1 is 0.623 bits per heavy atom. The molecule has 0 bridgehead atoms. The van der Waals surface area contributed by atoms with Crippen molar-refractivity contribution in [2.24, 2.45) is 0 Å². The fourth-order valence-corrected chi connectivity index (χ4v) is 5.72. The molecule has 1 aliphatic rings. The molecule has 53 heavy (non-hydrogen) atoms. The van der Waals surface area contributed by atoms with Crippen molar-refractivity contribution in [1.82, 2.24) is 39.0 Å². The number of benzene rings is 3. The van der Waals surface area contributed by atoms with Gasteiger partial charge in [0.2, 0.25) is 11.9 Å². The summed E-state index contributed by atoms with van der Waals surface area (Å²) >= 11 is 0. The Balaban J connectivity index is 0.000000167. The molecule has 0 amide bonds. The quantitative estimate of drug-likeness (QED) is 0.135. The van der Waals surface area contributed by atoms with Crippen molar-refractivity contribution in [3.8, 4) is 39.9 Å². The van der Waals surface area contributed by atoms with Gasteiger partial charge in [-0.3, -0.25) is 0 Å². The smallest absolute Gasteiger partial charge is 0.227 e. The fraction of sp³-hybridized carbons (Fsp3) is 0.200. The summed E-state index contributed by atoms with van der Waals surface area (Å²) in [6.07, 6.45) is 13.4. The van der Waals surface area contributed by atoms with Crippen LogP contribution in [-0.2, 0) is 0 Å². The van der Waals surface area contributed by atoms with Gasteiger partial charge in [0.1, 0.15) is 17.2 Å². The van der Waals surface area contributed by atoms with Crippen LogP contribution >= 0.6 is 0 Å². The van der Waals surface area contributed by atoms with Crippen molar-refractivity contribution in [1.29, 1.82) is 0 Å². The van der Waals surface area contributed by atoms with Crippen molar-refractivity contribution in [2.75, 3.05) is 32.0 Å². The van der Waals surface area contributed by atoms with Crippen LogP contribution in [0, 0.1) is 13.8 Å². The molecule has 7 aromatic rings. The summed E-state index contributed by atoms with van der Waals surface area (Å²) < 4.78 is 20.4. The maximum Gasteiger partial charge on any atom is 0.227 e. The van der Waals surface area contributed by atoms with Crippen LogP contribution in [-0.4, -0.2) is 60.4 Å². The first-order valence-corrected chi connectivity index (χ1v) is 17.1. The highest BCUT2D eigenvalue weighted by molar-refractivity contribution is 5.69. The molecule has 4 heterocycles. The first-order chi connectivity index (χ1) is 25.9. The van der Waals surface area contributed by atoms with E-state index in [2.05, 4.69) is 40.5 Å². The van der Waals surface area contributed by atoms with E-state index < -0.39 is 0 Å². The average Bonchev–Trinajstić information content (AvgIpc) is 3.82. The van der Waals surface area contributed by atoms with Gasteiger partial charge >= 0.3 is 0 Å². The van der Waals surface area contributed by atoms with Gasteiger partial charge in [-0.2, -0.15) is 0 Å². The lowest BCUT2D eigenvalue weighted by molar-refractivity contribution is 0.412. The predicted molar refractivity (Wildman–Crippen MR) is 204 cm³/mol. The summed E-state index contributed by atoms with van der Waals surface area (Å²) in [5.41, 5.74) is 8.24. The maximum absolute atomic E-state index is 5.57. The number of anilines is 4. The predicted octanol–water partition coefficient (Wildman–Crippen LogP) is 8.00. The third-order valence-corrected chi connectivity index (χ3v) is 8.55. The molecule has 4 aromatic heterocycles. The molecule has 268 valence electrons. The molecule has 0 spiro atoms. The average molecular weight is 709 g/mol. The summed E-state index contributed by atoms with van der Waals surface area (Å²) in [5.74, 6) is 3.78. The second kappa shape index (κ2) is 15.6. The molecule has 0 aliphatic heterocycles. The number of methoxy groups -OCH3 is 3. The minimum Gasteiger partial charge on any atom is -0.494 e. The third-order valence-electron chi connectivity index (χ3n) is 8.55. The molecule has 8 rings (SSSR count). The number of hydrogen-bond donors (Lipinski definition) is 2. The van der Waals surface area contributed by atoms with E-state index in [9.17, 15) is 0 Å². The molecule has 0 radical (unpaired) electrons. The lowest BCUT2D eigenvalue weighted by atomic mass is 10.1.